The van der Waals surface area contributed by atoms with E-state index < -0.39 is 0 Å². The second-order valence-electron chi connectivity index (χ2n) is 6.07. The second-order valence-corrected chi connectivity index (χ2v) is 7.74. The van der Waals surface area contributed by atoms with Gasteiger partial charge in [0.25, 0.3) is 5.56 Å². The number of hydrogen-bond acceptors (Lipinski definition) is 5. The first kappa shape index (κ1) is 19.3. The zero-order chi connectivity index (χ0) is 19.6. The Morgan fingerprint density at radius 1 is 1.00 bits per heavy atom. The fourth-order valence-electron chi connectivity index (χ4n) is 2.78. The molecule has 0 amide bonds. The maximum atomic E-state index is 13.2. The van der Waals surface area contributed by atoms with Crippen molar-refractivity contribution in [3.05, 3.63) is 69.5 Å². The summed E-state index contributed by atoms with van der Waals surface area (Å²) in [6.07, 6.45) is 3.84. The van der Waals surface area contributed by atoms with Gasteiger partial charge in [0.05, 0.1) is 5.69 Å². The standard InChI is InChI=1S/C21H19N3OS2/c1-13-5-8-16(11-14(13)2)24-19(15-6-9-17(26-3)10-7-15)23-20(27-4)18(12-22)21(24)25/h5-11H,1-4H3. The summed E-state index contributed by atoms with van der Waals surface area (Å²) in [6, 6.07) is 15.8. The highest BCUT2D eigenvalue weighted by Gasteiger charge is 2.19. The van der Waals surface area contributed by atoms with Crippen LogP contribution in [0.4, 0.5) is 0 Å². The average molecular weight is 394 g/mol. The van der Waals surface area contributed by atoms with Gasteiger partial charge in [-0.1, -0.05) is 18.2 Å². The maximum Gasteiger partial charge on any atom is 0.277 e. The molecule has 6 heteroatoms. The summed E-state index contributed by atoms with van der Waals surface area (Å²) < 4.78 is 1.54. The predicted octanol–water partition coefficient (Wildman–Crippen LogP) is 4.83. The minimum absolute atomic E-state index is 0.0743. The van der Waals surface area contributed by atoms with Crippen LogP contribution in [0.3, 0.4) is 0 Å². The molecule has 0 aliphatic heterocycles. The second kappa shape index (κ2) is 8.03. The van der Waals surface area contributed by atoms with Crippen molar-refractivity contribution in [2.24, 2.45) is 0 Å². The highest BCUT2D eigenvalue weighted by molar-refractivity contribution is 7.98. The summed E-state index contributed by atoms with van der Waals surface area (Å²) in [6.45, 7) is 4.03. The van der Waals surface area contributed by atoms with E-state index >= 15 is 0 Å². The molecule has 0 fully saturated rings. The Kier molecular flexibility index (Phi) is 5.73. The number of aryl methyl sites for hydroxylation is 2. The minimum Gasteiger partial charge on any atom is -0.267 e. The van der Waals surface area contributed by atoms with Crippen LogP contribution < -0.4 is 5.56 Å². The van der Waals surface area contributed by atoms with Crippen LogP contribution in [0.1, 0.15) is 16.7 Å². The monoisotopic (exact) mass is 393 g/mol. The van der Waals surface area contributed by atoms with Crippen molar-refractivity contribution in [3.8, 4) is 23.1 Å². The number of hydrogen-bond donors (Lipinski definition) is 0. The van der Waals surface area contributed by atoms with Crippen LogP contribution in [0.15, 0.2) is 57.2 Å². The largest absolute Gasteiger partial charge is 0.277 e. The SMILES string of the molecule is CSc1ccc(-c2nc(SC)c(C#N)c(=O)n2-c2ccc(C)c(C)c2)cc1. The van der Waals surface area contributed by atoms with Crippen LogP contribution in [0.5, 0.6) is 0 Å². The molecule has 0 radical (unpaired) electrons. The molecule has 3 rings (SSSR count). The van der Waals surface area contributed by atoms with Crippen molar-refractivity contribution < 1.29 is 0 Å². The van der Waals surface area contributed by atoms with E-state index in [4.69, 9.17) is 0 Å². The molecule has 1 heterocycles. The highest BCUT2D eigenvalue weighted by atomic mass is 32.2. The van der Waals surface area contributed by atoms with Crippen LogP contribution in [0, 0.1) is 25.2 Å². The van der Waals surface area contributed by atoms with Gasteiger partial charge in [-0.2, -0.15) is 5.26 Å². The Labute approximate surface area is 167 Å². The van der Waals surface area contributed by atoms with Gasteiger partial charge in [0.2, 0.25) is 0 Å². The molecule has 1 aromatic heterocycles. The van der Waals surface area contributed by atoms with Crippen molar-refractivity contribution in [1.82, 2.24) is 9.55 Å². The Balaban J connectivity index is 2.36. The summed E-state index contributed by atoms with van der Waals surface area (Å²) in [5.41, 5.74) is 3.50. The first-order valence-electron chi connectivity index (χ1n) is 8.33. The average Bonchev–Trinajstić information content (AvgIpc) is 2.69. The van der Waals surface area contributed by atoms with Gasteiger partial charge in [-0.25, -0.2) is 4.98 Å². The van der Waals surface area contributed by atoms with Gasteiger partial charge in [-0.15, -0.1) is 23.5 Å². The number of rotatable bonds is 4. The van der Waals surface area contributed by atoms with Gasteiger partial charge < -0.3 is 0 Å². The van der Waals surface area contributed by atoms with E-state index in [0.717, 1.165) is 21.6 Å². The molecule has 0 aliphatic rings. The van der Waals surface area contributed by atoms with E-state index in [9.17, 15) is 10.1 Å². The molecule has 0 bridgehead atoms. The molecule has 0 aliphatic carbocycles. The van der Waals surface area contributed by atoms with Crippen molar-refractivity contribution in [2.75, 3.05) is 12.5 Å². The van der Waals surface area contributed by atoms with E-state index in [0.29, 0.717) is 16.5 Å². The smallest absolute Gasteiger partial charge is 0.267 e. The lowest BCUT2D eigenvalue weighted by Crippen LogP contribution is -2.25. The van der Waals surface area contributed by atoms with Gasteiger partial charge >= 0.3 is 0 Å². The summed E-state index contributed by atoms with van der Waals surface area (Å²) in [5, 5.41) is 9.96. The summed E-state index contributed by atoms with van der Waals surface area (Å²) in [7, 11) is 0. The van der Waals surface area contributed by atoms with Crippen molar-refractivity contribution in [1.29, 1.82) is 5.26 Å². The summed E-state index contributed by atoms with van der Waals surface area (Å²) in [4.78, 5) is 19.0. The van der Waals surface area contributed by atoms with Crippen LogP contribution in [-0.4, -0.2) is 22.1 Å². The molecule has 0 saturated carbocycles. The third-order valence-electron chi connectivity index (χ3n) is 4.45. The Morgan fingerprint density at radius 2 is 1.70 bits per heavy atom. The van der Waals surface area contributed by atoms with Gasteiger partial charge in [0.1, 0.15) is 22.5 Å². The van der Waals surface area contributed by atoms with Crippen molar-refractivity contribution >= 4 is 23.5 Å². The molecular weight excluding hydrogens is 374 g/mol. The predicted molar refractivity (Wildman–Crippen MR) is 113 cm³/mol. The van der Waals surface area contributed by atoms with Gasteiger partial charge in [0.15, 0.2) is 0 Å². The zero-order valence-corrected chi connectivity index (χ0v) is 17.2. The fourth-order valence-corrected chi connectivity index (χ4v) is 3.71. The van der Waals surface area contributed by atoms with Crippen molar-refractivity contribution in [2.45, 2.75) is 23.8 Å². The zero-order valence-electron chi connectivity index (χ0n) is 15.6. The number of benzene rings is 2. The van der Waals surface area contributed by atoms with E-state index in [-0.39, 0.29) is 11.1 Å². The third-order valence-corrected chi connectivity index (χ3v) is 5.88. The molecule has 4 nitrogen and oxygen atoms in total. The lowest BCUT2D eigenvalue weighted by Gasteiger charge is -2.16. The number of thioether (sulfide) groups is 2. The number of aromatic nitrogens is 2. The van der Waals surface area contributed by atoms with E-state index in [1.165, 1.54) is 11.8 Å². The lowest BCUT2D eigenvalue weighted by atomic mass is 10.1. The number of nitriles is 1. The first-order valence-corrected chi connectivity index (χ1v) is 10.8. The quantitative estimate of drug-likeness (QED) is 0.469. The van der Waals surface area contributed by atoms with Crippen molar-refractivity contribution in [3.63, 3.8) is 0 Å². The van der Waals surface area contributed by atoms with Crippen LogP contribution in [0.2, 0.25) is 0 Å². The molecule has 3 aromatic rings. The molecule has 0 atom stereocenters. The molecule has 0 saturated heterocycles. The normalized spacial score (nSPS) is 10.6. The molecule has 0 unspecified atom stereocenters. The fraction of sp³-hybridized carbons (Fsp3) is 0.190. The molecule has 0 spiro atoms. The minimum atomic E-state index is -0.343. The molecule has 27 heavy (non-hydrogen) atoms. The summed E-state index contributed by atoms with van der Waals surface area (Å²) >= 11 is 2.97. The Hall–Kier alpha value is -2.49. The highest BCUT2D eigenvalue weighted by Crippen LogP contribution is 2.26. The van der Waals surface area contributed by atoms with Gasteiger partial charge in [0, 0.05) is 10.5 Å². The first-order chi connectivity index (χ1) is 13.0. The Morgan fingerprint density at radius 3 is 2.26 bits per heavy atom. The van der Waals surface area contributed by atoms with Gasteiger partial charge in [-0.05, 0) is 61.8 Å². The molecular formula is C21H19N3OS2. The number of nitrogens with zero attached hydrogens (tertiary/aromatic N) is 3. The van der Waals surface area contributed by atoms with E-state index in [2.05, 4.69) is 4.98 Å². The molecule has 0 N–H and O–H groups in total. The van der Waals surface area contributed by atoms with Crippen LogP contribution in [0.25, 0.3) is 17.1 Å². The summed E-state index contributed by atoms with van der Waals surface area (Å²) in [5.74, 6) is 0.541. The molecule has 2 aromatic carbocycles. The van der Waals surface area contributed by atoms with Gasteiger partial charge in [-0.3, -0.25) is 9.36 Å². The Bertz CT molecular complexity index is 1100. The topological polar surface area (TPSA) is 58.7 Å². The van der Waals surface area contributed by atoms with Crippen LogP contribution >= 0.6 is 23.5 Å². The molecule has 136 valence electrons. The van der Waals surface area contributed by atoms with E-state index in [1.54, 1.807) is 16.3 Å². The third kappa shape index (κ3) is 3.66. The lowest BCUT2D eigenvalue weighted by molar-refractivity contribution is 0.891. The van der Waals surface area contributed by atoms with Crippen LogP contribution in [-0.2, 0) is 0 Å². The van der Waals surface area contributed by atoms with E-state index in [1.807, 2.05) is 74.9 Å². The maximum absolute atomic E-state index is 13.2.